The van der Waals surface area contributed by atoms with Crippen LogP contribution >= 0.6 is 0 Å². The van der Waals surface area contributed by atoms with Crippen LogP contribution in [0.1, 0.15) is 53.4 Å². The van der Waals surface area contributed by atoms with Gasteiger partial charge < -0.3 is 25.9 Å². The number of fused-ring (bicyclic) bond motifs is 5. The van der Waals surface area contributed by atoms with Gasteiger partial charge in [0.1, 0.15) is 12.3 Å². The van der Waals surface area contributed by atoms with Crippen molar-refractivity contribution in [2.45, 2.75) is 102 Å². The van der Waals surface area contributed by atoms with E-state index in [1.54, 1.807) is 0 Å². The Morgan fingerprint density at radius 3 is 2.71 bits per heavy atom. The van der Waals surface area contributed by atoms with Crippen molar-refractivity contribution >= 4 is 11.9 Å². The molecule has 6 heterocycles. The molecule has 0 aromatic heterocycles. The van der Waals surface area contributed by atoms with Gasteiger partial charge >= 0.3 is 6.03 Å². The lowest BCUT2D eigenvalue weighted by Gasteiger charge is -2.60. The van der Waals surface area contributed by atoms with Crippen LogP contribution < -0.4 is 26.9 Å². The Morgan fingerprint density at radius 2 is 1.95 bits per heavy atom. The lowest BCUT2D eigenvalue weighted by molar-refractivity contribution is -0.137. The highest BCUT2D eigenvalue weighted by Crippen LogP contribution is 2.40. The second-order valence-electron chi connectivity index (χ2n) is 13.3. The van der Waals surface area contributed by atoms with Crippen LogP contribution in [-0.4, -0.2) is 100 Å². The molecule has 2 bridgehead atoms. The summed E-state index contributed by atoms with van der Waals surface area (Å²) in [5.41, 5.74) is 7.15. The molecule has 12 heteroatoms. The van der Waals surface area contributed by atoms with Crippen molar-refractivity contribution in [2.24, 2.45) is 17.8 Å². The predicted molar refractivity (Wildman–Crippen MR) is 159 cm³/mol. The third-order valence-electron chi connectivity index (χ3n) is 10.4. The second-order valence-corrected chi connectivity index (χ2v) is 13.3. The molecule has 11 nitrogen and oxygen atoms in total. The summed E-state index contributed by atoms with van der Waals surface area (Å²) in [5, 5.41) is 12.6. The molecule has 5 N–H and O–H groups in total. The number of rotatable bonds is 3. The van der Waals surface area contributed by atoms with E-state index >= 15 is 4.39 Å². The van der Waals surface area contributed by atoms with Gasteiger partial charge in [0.2, 0.25) is 5.91 Å². The summed E-state index contributed by atoms with van der Waals surface area (Å²) < 4.78 is 16.3. The van der Waals surface area contributed by atoms with Gasteiger partial charge in [0.15, 0.2) is 0 Å². The largest absolute Gasteiger partial charge is 0.334 e. The van der Waals surface area contributed by atoms with Gasteiger partial charge in [0.05, 0.1) is 24.1 Å². The number of hydrogen-bond donors (Lipinski definition) is 5. The summed E-state index contributed by atoms with van der Waals surface area (Å²) in [7, 11) is 0. The van der Waals surface area contributed by atoms with Crippen molar-refractivity contribution in [3.05, 3.63) is 36.7 Å². The fourth-order valence-corrected chi connectivity index (χ4v) is 8.31. The van der Waals surface area contributed by atoms with Gasteiger partial charge in [0, 0.05) is 49.8 Å². The lowest BCUT2D eigenvalue weighted by atomic mass is 9.76. The van der Waals surface area contributed by atoms with Gasteiger partial charge in [-0.3, -0.25) is 20.0 Å². The summed E-state index contributed by atoms with van der Waals surface area (Å²) in [6.07, 6.45) is 7.98. The highest BCUT2D eigenvalue weighted by molar-refractivity contribution is 5.87. The quantitative estimate of drug-likeness (QED) is 0.251. The zero-order chi connectivity index (χ0) is 29.7. The van der Waals surface area contributed by atoms with Crippen LogP contribution in [0, 0.1) is 17.8 Å². The molecule has 42 heavy (non-hydrogen) atoms. The Kier molecular flexibility index (Phi) is 8.25. The molecule has 0 radical (unpaired) electrons. The molecule has 10 atom stereocenters. The normalized spacial score (nSPS) is 41.4. The van der Waals surface area contributed by atoms with Gasteiger partial charge in [-0.1, -0.05) is 32.6 Å². The fourth-order valence-electron chi connectivity index (χ4n) is 8.31. The molecule has 6 rings (SSSR count). The topological polar surface area (TPSA) is 107 Å². The number of amides is 3. The maximum Gasteiger partial charge on any atom is 0.320 e. The first-order valence-electron chi connectivity index (χ1n) is 15.7. The number of allylic oxidation sites excluding steroid dienone is 2. The number of carbonyl (C=O) groups is 2. The van der Waals surface area contributed by atoms with Gasteiger partial charge in [0.25, 0.3) is 0 Å². The van der Waals surface area contributed by atoms with Crippen LogP contribution in [0.5, 0.6) is 0 Å². The molecule has 3 amide bonds. The van der Waals surface area contributed by atoms with Crippen LogP contribution in [0.4, 0.5) is 9.18 Å². The molecule has 6 aliphatic heterocycles. The minimum Gasteiger partial charge on any atom is -0.334 e. The Hall–Kier alpha value is -2.67. The molecule has 232 valence electrons. The molecular formula is C30H48FN9O2. The van der Waals surface area contributed by atoms with E-state index in [2.05, 4.69) is 71.3 Å². The number of carbonyl (C=O) groups excluding carboxylic acids is 2. The monoisotopic (exact) mass is 585 g/mol. The first kappa shape index (κ1) is 29.4. The third kappa shape index (κ3) is 5.10. The van der Waals surface area contributed by atoms with E-state index in [0.717, 1.165) is 25.1 Å². The molecule has 4 saturated heterocycles. The van der Waals surface area contributed by atoms with E-state index in [4.69, 9.17) is 0 Å². The standard InChI is InChI=1S/C30H48FN9O2/c1-6-24(41)37-15-19(5)38(16-18(37)4)27-22-13-23(31)29-34-28(22)39(30(42)35-27)26-20(11-12-32-25(26)17(2)3)9-7-8-10-21-14-33-36-40(21)29/h6-8,14,17-20,22-23,25-29,32-34,36H,1,9-13,15-16H2,2-5H3,(H,35,42)/b8-7-. The second kappa shape index (κ2) is 11.8. The number of hydrazine groups is 2. The van der Waals surface area contributed by atoms with Gasteiger partial charge in [-0.15, -0.1) is 5.53 Å². The summed E-state index contributed by atoms with van der Waals surface area (Å²) in [6.45, 7) is 14.3. The number of nitrogens with zero attached hydrogens (tertiary/aromatic N) is 4. The van der Waals surface area contributed by atoms with Crippen LogP contribution in [0.25, 0.3) is 0 Å². The maximum atomic E-state index is 16.3. The van der Waals surface area contributed by atoms with Crippen molar-refractivity contribution in [3.8, 4) is 0 Å². The van der Waals surface area contributed by atoms with E-state index < -0.39 is 12.3 Å². The Bertz CT molecular complexity index is 1120. The number of hydrogen-bond acceptors (Lipinski definition) is 8. The first-order valence-corrected chi connectivity index (χ1v) is 15.7. The average Bonchev–Trinajstić information content (AvgIpc) is 3.43. The molecule has 6 aliphatic rings. The number of piperidine rings is 2. The molecule has 0 aromatic rings. The number of halogens is 1. The summed E-state index contributed by atoms with van der Waals surface area (Å²) in [6, 6.07) is -0.0944. The fraction of sp³-hybridized carbons (Fsp3) is 0.733. The number of urea groups is 1. The van der Waals surface area contributed by atoms with E-state index in [-0.39, 0.29) is 60.3 Å². The number of alkyl halides is 1. The van der Waals surface area contributed by atoms with E-state index in [1.165, 1.54) is 6.08 Å². The van der Waals surface area contributed by atoms with Crippen LogP contribution in [0.3, 0.4) is 0 Å². The molecule has 0 aliphatic carbocycles. The maximum absolute atomic E-state index is 16.3. The van der Waals surface area contributed by atoms with Crippen LogP contribution in [0.2, 0.25) is 0 Å². The van der Waals surface area contributed by atoms with Crippen molar-refractivity contribution in [1.29, 1.82) is 0 Å². The first-order chi connectivity index (χ1) is 20.2. The van der Waals surface area contributed by atoms with Crippen LogP contribution in [-0.2, 0) is 4.79 Å². The zero-order valence-corrected chi connectivity index (χ0v) is 25.3. The van der Waals surface area contributed by atoms with Crippen LogP contribution in [0.15, 0.2) is 36.7 Å². The highest BCUT2D eigenvalue weighted by atomic mass is 19.1. The Labute approximate surface area is 248 Å². The summed E-state index contributed by atoms with van der Waals surface area (Å²) in [5.74, 6) is 0.334. The lowest BCUT2D eigenvalue weighted by Crippen LogP contribution is -2.80. The third-order valence-corrected chi connectivity index (χ3v) is 10.4. The minimum atomic E-state index is -1.18. The van der Waals surface area contributed by atoms with Crippen molar-refractivity contribution in [2.75, 3.05) is 19.6 Å². The number of nitrogens with one attached hydrogen (secondary N) is 5. The summed E-state index contributed by atoms with van der Waals surface area (Å²) >= 11 is 0. The van der Waals surface area contributed by atoms with Crippen molar-refractivity contribution in [1.82, 2.24) is 46.6 Å². The van der Waals surface area contributed by atoms with E-state index in [9.17, 15) is 9.59 Å². The Morgan fingerprint density at radius 1 is 1.14 bits per heavy atom. The minimum absolute atomic E-state index is 0.0133. The Balaban J connectivity index is 1.38. The molecule has 0 spiro atoms. The number of piperazine rings is 1. The predicted octanol–water partition coefficient (Wildman–Crippen LogP) is 1.56. The van der Waals surface area contributed by atoms with Crippen molar-refractivity contribution in [3.63, 3.8) is 0 Å². The van der Waals surface area contributed by atoms with Gasteiger partial charge in [-0.25, -0.2) is 9.18 Å². The van der Waals surface area contributed by atoms with E-state index in [0.29, 0.717) is 31.8 Å². The molecule has 4 fully saturated rings. The molecule has 0 saturated carbocycles. The van der Waals surface area contributed by atoms with Gasteiger partial charge in [-0.2, -0.15) is 0 Å². The summed E-state index contributed by atoms with van der Waals surface area (Å²) in [4.78, 5) is 33.1. The van der Waals surface area contributed by atoms with E-state index in [1.807, 2.05) is 27.9 Å². The molecular weight excluding hydrogens is 537 g/mol. The SMILES string of the molecule is C=CC(=O)N1CC(C)N(C2NC(=O)N3C4NC(C(F)CC24)N2NNC=C2C/C=C\CC2CCNC(C(C)C)C23)CC1C. The molecule has 0 aromatic carbocycles. The van der Waals surface area contributed by atoms with Crippen molar-refractivity contribution < 1.29 is 14.0 Å². The average molecular weight is 586 g/mol. The molecule has 10 unspecified atom stereocenters. The van der Waals surface area contributed by atoms with Gasteiger partial charge in [-0.05, 0) is 57.6 Å². The highest BCUT2D eigenvalue weighted by Gasteiger charge is 2.56. The smallest absolute Gasteiger partial charge is 0.320 e. The zero-order valence-electron chi connectivity index (χ0n) is 25.3.